The van der Waals surface area contributed by atoms with Gasteiger partial charge in [0, 0.05) is 5.56 Å². The van der Waals surface area contributed by atoms with E-state index in [0.29, 0.717) is 5.56 Å². The normalized spacial score (nSPS) is 13.0. The topological polar surface area (TPSA) is 49.3 Å². The van der Waals surface area contributed by atoms with Crippen LogP contribution in [0, 0.1) is 13.8 Å². The molecule has 0 heterocycles. The molecule has 0 spiro atoms. The minimum Gasteiger partial charge on any atom is -0.384 e. The molecule has 0 aliphatic carbocycles. The smallest absolute Gasteiger partial charge is 0.251 e. The molecule has 1 amide bonds. The van der Waals surface area contributed by atoms with E-state index in [2.05, 4.69) is 17.4 Å². The highest BCUT2D eigenvalue weighted by molar-refractivity contribution is 5.95. The molecule has 1 atom stereocenters. The Morgan fingerprint density at radius 2 is 1.56 bits per heavy atom. The van der Waals surface area contributed by atoms with Gasteiger partial charge in [0.15, 0.2) is 0 Å². The number of nitrogens with one attached hydrogen (secondary N) is 1. The Kier molecular flexibility index (Phi) is 5.43. The lowest BCUT2D eigenvalue weighted by molar-refractivity contribution is 0.0526. The molecule has 27 heavy (non-hydrogen) atoms. The van der Waals surface area contributed by atoms with E-state index in [1.165, 1.54) is 0 Å². The molecular formula is C24H25NO2. The van der Waals surface area contributed by atoms with Crippen molar-refractivity contribution in [1.82, 2.24) is 5.32 Å². The number of carbonyl (C=O) groups excluding carboxylic acids is 1. The predicted molar refractivity (Wildman–Crippen MR) is 110 cm³/mol. The Bertz CT molecular complexity index is 928. The summed E-state index contributed by atoms with van der Waals surface area (Å²) in [4.78, 5) is 12.5. The highest BCUT2D eigenvalue weighted by Gasteiger charge is 2.24. The van der Waals surface area contributed by atoms with Gasteiger partial charge in [0.2, 0.25) is 0 Å². The van der Waals surface area contributed by atoms with Gasteiger partial charge in [0.1, 0.15) is 5.60 Å². The van der Waals surface area contributed by atoms with E-state index in [9.17, 15) is 9.90 Å². The van der Waals surface area contributed by atoms with Crippen LogP contribution in [0.15, 0.2) is 72.8 Å². The summed E-state index contributed by atoms with van der Waals surface area (Å²) in [7, 11) is 0. The second-order valence-corrected chi connectivity index (χ2v) is 7.22. The highest BCUT2D eigenvalue weighted by atomic mass is 16.3. The van der Waals surface area contributed by atoms with Crippen molar-refractivity contribution < 1.29 is 9.90 Å². The Hall–Kier alpha value is -2.91. The monoisotopic (exact) mass is 359 g/mol. The third-order valence-corrected chi connectivity index (χ3v) is 4.84. The second-order valence-electron chi connectivity index (χ2n) is 7.22. The zero-order valence-corrected chi connectivity index (χ0v) is 16.0. The van der Waals surface area contributed by atoms with Gasteiger partial charge < -0.3 is 10.4 Å². The van der Waals surface area contributed by atoms with Crippen molar-refractivity contribution in [3.8, 4) is 11.1 Å². The van der Waals surface area contributed by atoms with Gasteiger partial charge in [-0.2, -0.15) is 0 Å². The molecule has 0 radical (unpaired) electrons. The van der Waals surface area contributed by atoms with Crippen molar-refractivity contribution in [3.05, 3.63) is 95.1 Å². The molecule has 0 saturated heterocycles. The number of hydrogen-bond donors (Lipinski definition) is 2. The molecule has 0 aromatic heterocycles. The fourth-order valence-corrected chi connectivity index (χ4v) is 3.08. The fourth-order valence-electron chi connectivity index (χ4n) is 3.08. The Morgan fingerprint density at radius 3 is 2.22 bits per heavy atom. The molecule has 0 saturated carbocycles. The first kappa shape index (κ1) is 18.9. The van der Waals surface area contributed by atoms with Crippen LogP contribution >= 0.6 is 0 Å². The standard InChI is InChI=1S/C24H25NO2/c1-17-9-10-18(2)22(15-17)23(26)25-16-24(3,27)21-13-11-20(12-14-21)19-7-5-4-6-8-19/h4-15,27H,16H2,1-3H3,(H,25,26). The fraction of sp³-hybridized carbons (Fsp3) is 0.208. The third-order valence-electron chi connectivity index (χ3n) is 4.84. The minimum absolute atomic E-state index is 0.143. The van der Waals surface area contributed by atoms with Crippen LogP contribution in [0.4, 0.5) is 0 Å². The maximum absolute atomic E-state index is 12.5. The van der Waals surface area contributed by atoms with E-state index in [0.717, 1.165) is 27.8 Å². The van der Waals surface area contributed by atoms with Crippen LogP contribution in [0.2, 0.25) is 0 Å². The lowest BCUT2D eigenvalue weighted by atomic mass is 9.93. The molecular weight excluding hydrogens is 334 g/mol. The van der Waals surface area contributed by atoms with Crippen molar-refractivity contribution in [2.45, 2.75) is 26.4 Å². The minimum atomic E-state index is -1.15. The first-order chi connectivity index (χ1) is 12.9. The predicted octanol–water partition coefficient (Wildman–Crippen LogP) is 4.61. The second kappa shape index (κ2) is 7.77. The summed E-state index contributed by atoms with van der Waals surface area (Å²) in [5.74, 6) is -0.169. The van der Waals surface area contributed by atoms with Crippen LogP contribution < -0.4 is 5.32 Å². The van der Waals surface area contributed by atoms with Crippen LogP contribution in [-0.4, -0.2) is 17.6 Å². The average Bonchev–Trinajstić information content (AvgIpc) is 2.69. The van der Waals surface area contributed by atoms with Crippen LogP contribution in [-0.2, 0) is 5.60 Å². The molecule has 0 aliphatic heterocycles. The number of aliphatic hydroxyl groups is 1. The molecule has 3 nitrogen and oxygen atoms in total. The van der Waals surface area contributed by atoms with E-state index in [-0.39, 0.29) is 12.5 Å². The van der Waals surface area contributed by atoms with Crippen LogP contribution in [0.25, 0.3) is 11.1 Å². The highest BCUT2D eigenvalue weighted by Crippen LogP contribution is 2.25. The molecule has 0 bridgehead atoms. The Morgan fingerprint density at radius 1 is 0.926 bits per heavy atom. The maximum atomic E-state index is 12.5. The number of rotatable bonds is 5. The van der Waals surface area contributed by atoms with Crippen molar-refractivity contribution in [2.24, 2.45) is 0 Å². The van der Waals surface area contributed by atoms with Crippen LogP contribution in [0.1, 0.15) is 34.0 Å². The Labute approximate surface area is 160 Å². The van der Waals surface area contributed by atoms with Crippen molar-refractivity contribution in [1.29, 1.82) is 0 Å². The van der Waals surface area contributed by atoms with E-state index < -0.39 is 5.60 Å². The number of hydrogen-bond acceptors (Lipinski definition) is 2. The largest absolute Gasteiger partial charge is 0.384 e. The van der Waals surface area contributed by atoms with E-state index in [4.69, 9.17) is 0 Å². The van der Waals surface area contributed by atoms with Gasteiger partial charge in [0.25, 0.3) is 5.91 Å². The summed E-state index contributed by atoms with van der Waals surface area (Å²) in [6.07, 6.45) is 0. The molecule has 1 unspecified atom stereocenters. The molecule has 3 aromatic carbocycles. The maximum Gasteiger partial charge on any atom is 0.251 e. The molecule has 2 N–H and O–H groups in total. The number of amides is 1. The van der Waals surface area contributed by atoms with Gasteiger partial charge >= 0.3 is 0 Å². The summed E-state index contributed by atoms with van der Waals surface area (Å²) >= 11 is 0. The van der Waals surface area contributed by atoms with E-state index >= 15 is 0 Å². The summed E-state index contributed by atoms with van der Waals surface area (Å²) < 4.78 is 0. The quantitative estimate of drug-likeness (QED) is 0.699. The van der Waals surface area contributed by atoms with Crippen LogP contribution in [0.5, 0.6) is 0 Å². The van der Waals surface area contributed by atoms with Gasteiger partial charge in [-0.05, 0) is 49.1 Å². The Balaban J connectivity index is 1.71. The summed E-state index contributed by atoms with van der Waals surface area (Å²) in [6.45, 7) is 5.73. The molecule has 0 aliphatic rings. The third kappa shape index (κ3) is 4.44. The zero-order chi connectivity index (χ0) is 19.4. The van der Waals surface area contributed by atoms with Gasteiger partial charge in [-0.3, -0.25) is 4.79 Å². The van der Waals surface area contributed by atoms with Gasteiger partial charge in [-0.25, -0.2) is 0 Å². The van der Waals surface area contributed by atoms with Crippen LogP contribution in [0.3, 0.4) is 0 Å². The lowest BCUT2D eigenvalue weighted by Gasteiger charge is -2.25. The molecule has 3 heteroatoms. The first-order valence-electron chi connectivity index (χ1n) is 9.10. The van der Waals surface area contributed by atoms with E-state index in [1.807, 2.05) is 74.5 Å². The van der Waals surface area contributed by atoms with Crippen molar-refractivity contribution in [3.63, 3.8) is 0 Å². The SMILES string of the molecule is Cc1ccc(C)c(C(=O)NCC(C)(O)c2ccc(-c3ccccc3)cc2)c1. The van der Waals surface area contributed by atoms with E-state index in [1.54, 1.807) is 6.92 Å². The molecule has 3 aromatic rings. The first-order valence-corrected chi connectivity index (χ1v) is 9.10. The van der Waals surface area contributed by atoms with Gasteiger partial charge in [-0.15, -0.1) is 0 Å². The summed E-state index contributed by atoms with van der Waals surface area (Å²) in [5.41, 5.74) is 4.44. The van der Waals surface area contributed by atoms with Gasteiger partial charge in [0.05, 0.1) is 6.54 Å². The van der Waals surface area contributed by atoms with Crippen molar-refractivity contribution >= 4 is 5.91 Å². The molecule has 0 fully saturated rings. The average molecular weight is 359 g/mol. The number of benzene rings is 3. The summed E-state index contributed by atoms with van der Waals surface area (Å²) in [5, 5.41) is 13.7. The molecule has 3 rings (SSSR count). The number of aryl methyl sites for hydroxylation is 2. The molecule has 138 valence electrons. The van der Waals surface area contributed by atoms with Gasteiger partial charge in [-0.1, -0.05) is 72.3 Å². The number of carbonyl (C=O) groups is 1. The zero-order valence-electron chi connectivity index (χ0n) is 16.0. The lowest BCUT2D eigenvalue weighted by Crippen LogP contribution is -2.38. The van der Waals surface area contributed by atoms with Crippen molar-refractivity contribution in [2.75, 3.05) is 6.54 Å². The summed E-state index contributed by atoms with van der Waals surface area (Å²) in [6, 6.07) is 23.7.